The van der Waals surface area contributed by atoms with Crippen LogP contribution in [0.5, 0.6) is 0 Å². The summed E-state index contributed by atoms with van der Waals surface area (Å²) in [6.45, 7) is 25.3. The Kier molecular flexibility index (Phi) is 18.4. The first kappa shape index (κ1) is 66.7. The first-order chi connectivity index (χ1) is 45.1. The maximum atomic E-state index is 13.6. The Morgan fingerprint density at radius 3 is 1.42 bits per heavy atom. The highest BCUT2D eigenvalue weighted by molar-refractivity contribution is 6.06. The molecule has 10 unspecified atom stereocenters. The minimum atomic E-state index is -0.881. The van der Waals surface area contributed by atoms with Crippen molar-refractivity contribution < 1.29 is 74.8 Å². The molecule has 3 fully saturated rings. The average molecular weight is 1290 g/mol. The fourth-order valence-corrected chi connectivity index (χ4v) is 14.8. The van der Waals surface area contributed by atoms with Gasteiger partial charge in [0, 0.05) is 23.0 Å². The van der Waals surface area contributed by atoms with E-state index in [9.17, 15) is 46.3 Å². The number of hydrogen-bond donors (Lipinski definition) is 0. The van der Waals surface area contributed by atoms with Crippen LogP contribution in [0.15, 0.2) is 171 Å². The van der Waals surface area contributed by atoms with Gasteiger partial charge in [-0.3, -0.25) is 9.59 Å². The lowest BCUT2D eigenvalue weighted by Gasteiger charge is -2.33. The maximum Gasteiger partial charge on any atom is 0.339 e. The maximum absolute atomic E-state index is 13.6. The van der Waals surface area contributed by atoms with Gasteiger partial charge >= 0.3 is 35.8 Å². The number of benzene rings is 7. The Hall–Kier alpha value is -9.70. The normalized spacial score (nSPS) is 25.4. The third-order valence-corrected chi connectivity index (χ3v) is 19.8. The molecule has 0 spiro atoms. The molecule has 1 aliphatic heterocycles. The molecule has 1 saturated heterocycles. The number of esters is 6. The van der Waals surface area contributed by atoms with E-state index < -0.39 is 70.3 Å². The van der Waals surface area contributed by atoms with Gasteiger partial charge in [-0.25, -0.2) is 36.7 Å². The van der Waals surface area contributed by atoms with E-state index in [1.54, 1.807) is 68.5 Å². The summed E-state index contributed by atoms with van der Waals surface area (Å²) in [5.74, 6) is -5.45. The van der Waals surface area contributed by atoms with Crippen LogP contribution in [0.4, 0.5) is 17.6 Å². The van der Waals surface area contributed by atoms with Gasteiger partial charge in [0.1, 0.15) is 57.9 Å². The van der Waals surface area contributed by atoms with Crippen molar-refractivity contribution in [3.05, 3.63) is 261 Å². The number of aryl methyl sites for hydroxylation is 4. The van der Waals surface area contributed by atoms with E-state index in [0.29, 0.717) is 68.1 Å². The molecule has 7 aliphatic rings. The Morgan fingerprint density at radius 2 is 0.958 bits per heavy atom. The van der Waals surface area contributed by atoms with E-state index in [2.05, 4.69) is 26.3 Å². The van der Waals surface area contributed by atoms with Crippen molar-refractivity contribution in [1.29, 1.82) is 0 Å². The molecule has 7 aromatic rings. The molecule has 0 aromatic heterocycles. The lowest BCUT2D eigenvalue weighted by Crippen LogP contribution is -2.45. The van der Waals surface area contributed by atoms with Gasteiger partial charge in [0.25, 0.3) is 0 Å². The fourth-order valence-electron chi connectivity index (χ4n) is 14.8. The summed E-state index contributed by atoms with van der Waals surface area (Å²) in [6.07, 6.45) is 8.21. The molecule has 2 bridgehead atoms. The van der Waals surface area contributed by atoms with Gasteiger partial charge in [-0.1, -0.05) is 105 Å². The van der Waals surface area contributed by atoms with Crippen LogP contribution in [0, 0.1) is 46.9 Å². The van der Waals surface area contributed by atoms with E-state index in [0.717, 1.165) is 72.8 Å². The zero-order chi connectivity index (χ0) is 68.1. The Bertz CT molecular complexity index is 4330. The minimum absolute atomic E-state index is 0.152. The summed E-state index contributed by atoms with van der Waals surface area (Å²) < 4.78 is 87.6. The number of carbonyl (C=O) groups excluding carboxylic acids is 6. The molecule has 16 heteroatoms. The molecule has 490 valence electrons. The van der Waals surface area contributed by atoms with Gasteiger partial charge in [0.05, 0.1) is 23.0 Å². The largest absolute Gasteiger partial charge is 0.458 e. The van der Waals surface area contributed by atoms with Gasteiger partial charge in [-0.2, -0.15) is 0 Å². The van der Waals surface area contributed by atoms with Crippen LogP contribution in [0.2, 0.25) is 0 Å². The van der Waals surface area contributed by atoms with Crippen molar-refractivity contribution in [2.24, 2.45) is 23.7 Å². The highest BCUT2D eigenvalue weighted by Crippen LogP contribution is 2.60. The number of hydrogen-bond acceptors (Lipinski definition) is 12. The SMILES string of the molecule is C=C(C)C(=O)OC1(C)CCc2cc(F)ccc21.C=C(C)C(=O)OC1C2CC3C1OC(=O)C3C2C(=O)OC1(C)CCc2cc(F)ccc21.C=Cc1ccc(C(=O)OC2(C)CCc3cc(F)ccc32)cc1.C=Cc1cccc2c(C(=O)OC3(C)CCc4cc(F)ccc43)cccc12. The van der Waals surface area contributed by atoms with Crippen molar-refractivity contribution in [2.75, 3.05) is 0 Å². The predicted molar refractivity (Wildman–Crippen MR) is 350 cm³/mol. The van der Waals surface area contributed by atoms with E-state index in [4.69, 9.17) is 28.4 Å². The Balaban J connectivity index is 0.000000132. The third kappa shape index (κ3) is 13.2. The first-order valence-corrected chi connectivity index (χ1v) is 31.8. The molecule has 95 heavy (non-hydrogen) atoms. The van der Waals surface area contributed by atoms with Crippen LogP contribution < -0.4 is 0 Å². The number of fused-ring (bicyclic) bond motifs is 6. The van der Waals surface area contributed by atoms with Crippen LogP contribution in [-0.4, -0.2) is 48.0 Å². The molecule has 0 radical (unpaired) electrons. The summed E-state index contributed by atoms with van der Waals surface area (Å²) in [5.41, 5.74) is 7.65. The summed E-state index contributed by atoms with van der Waals surface area (Å²) in [6, 6.07) is 36.9. The predicted octanol–water partition coefficient (Wildman–Crippen LogP) is 16.1. The molecule has 6 aliphatic carbocycles. The van der Waals surface area contributed by atoms with Crippen LogP contribution in [0.1, 0.15) is 150 Å². The average Bonchev–Trinajstić information content (AvgIpc) is 1.54. The summed E-state index contributed by atoms with van der Waals surface area (Å²) in [7, 11) is 0. The molecule has 2 saturated carbocycles. The van der Waals surface area contributed by atoms with E-state index >= 15 is 0 Å². The van der Waals surface area contributed by atoms with Gasteiger partial charge in [0.2, 0.25) is 0 Å². The highest BCUT2D eigenvalue weighted by atomic mass is 19.1. The van der Waals surface area contributed by atoms with Gasteiger partial charge in [0.15, 0.2) is 0 Å². The van der Waals surface area contributed by atoms with E-state index in [-0.39, 0.29) is 52.6 Å². The van der Waals surface area contributed by atoms with E-state index in [1.807, 2.05) is 70.2 Å². The molecule has 12 nitrogen and oxygen atoms in total. The van der Waals surface area contributed by atoms with Crippen molar-refractivity contribution >= 4 is 58.7 Å². The molecular weight excluding hydrogens is 1220 g/mol. The monoisotopic (exact) mass is 1290 g/mol. The van der Waals surface area contributed by atoms with Crippen molar-refractivity contribution in [2.45, 2.75) is 134 Å². The Labute approximate surface area is 549 Å². The zero-order valence-corrected chi connectivity index (χ0v) is 53.9. The molecular formula is C79H74F4O12. The van der Waals surface area contributed by atoms with Crippen molar-refractivity contribution in [1.82, 2.24) is 0 Å². The molecule has 14 rings (SSSR count). The van der Waals surface area contributed by atoms with Crippen LogP contribution in [-0.2, 0) is 95.7 Å². The zero-order valence-electron chi connectivity index (χ0n) is 53.9. The van der Waals surface area contributed by atoms with Crippen molar-refractivity contribution in [3.63, 3.8) is 0 Å². The molecule has 7 aromatic carbocycles. The van der Waals surface area contributed by atoms with Gasteiger partial charge < -0.3 is 28.4 Å². The lowest BCUT2D eigenvalue weighted by molar-refractivity contribution is -0.173. The number of rotatable bonds is 12. The second-order valence-corrected chi connectivity index (χ2v) is 26.4. The first-order valence-electron chi connectivity index (χ1n) is 31.8. The summed E-state index contributed by atoms with van der Waals surface area (Å²) >= 11 is 0. The smallest absolute Gasteiger partial charge is 0.339 e. The molecule has 10 atom stereocenters. The fraction of sp³-hybridized carbons (Fsp3) is 0.316. The van der Waals surface area contributed by atoms with Gasteiger partial charge in [-0.05, 0) is 232 Å². The Morgan fingerprint density at radius 1 is 0.516 bits per heavy atom. The molecule has 0 N–H and O–H groups in total. The van der Waals surface area contributed by atoms with Crippen LogP contribution in [0.3, 0.4) is 0 Å². The van der Waals surface area contributed by atoms with Crippen LogP contribution >= 0.6 is 0 Å². The minimum Gasteiger partial charge on any atom is -0.458 e. The standard InChI is InChI=1S/C23H23FO6.C23H19FO2.C19H17FO2.C14H15FO2/c1-10(2)20(25)28-18-14-9-13-16(21(26)29-19(13)18)17(14)22(27)30-23(3)7-6-11-8-12(24)4-5-15(11)23;1-3-15-6-4-8-19-18(15)7-5-9-20(19)22(25)26-23(2)13-12-16-14-17(24)10-11-21(16)23;1-3-13-4-6-14(7-5-13)18(21)22-19(2)11-10-15-12-16(20)8-9-17(15)19;1-9(2)13(16)17-14(3)7-6-10-8-11(15)4-5-12(10)14/h4-5,8,13-14,16-19H,1,6-7,9H2,2-3H3;3-11,14H,1,12-13H2,2H3;3-9,12H,1,10-11H2,2H3;4-5,8H,1,6-7H2,2-3H3. The van der Waals surface area contributed by atoms with Gasteiger partial charge in [-0.15, -0.1) is 0 Å². The number of carbonyl (C=O) groups is 6. The number of halogens is 4. The second kappa shape index (κ2) is 26.2. The quantitative estimate of drug-likeness (QED) is 0.0494. The third-order valence-electron chi connectivity index (χ3n) is 19.8. The lowest BCUT2D eigenvalue weighted by atomic mass is 9.78. The molecule has 0 amide bonds. The van der Waals surface area contributed by atoms with Crippen molar-refractivity contribution in [3.8, 4) is 0 Å². The second-order valence-electron chi connectivity index (χ2n) is 26.4. The number of ether oxygens (including phenoxy) is 6. The highest BCUT2D eigenvalue weighted by Gasteiger charge is 2.70. The summed E-state index contributed by atoms with van der Waals surface area (Å²) in [4.78, 5) is 74.8. The summed E-state index contributed by atoms with van der Waals surface area (Å²) in [5, 5.41) is 1.81. The topological polar surface area (TPSA) is 158 Å². The molecule has 1 heterocycles. The van der Waals surface area contributed by atoms with Crippen LogP contribution in [0.25, 0.3) is 22.9 Å². The van der Waals surface area contributed by atoms with E-state index in [1.165, 1.54) is 48.5 Å².